The summed E-state index contributed by atoms with van der Waals surface area (Å²) in [4.78, 5) is 12.7. The molecule has 4 nitrogen and oxygen atoms in total. The van der Waals surface area contributed by atoms with E-state index in [1.807, 2.05) is 24.3 Å². The standard InChI is InChI=1S/C23H17Cl3N2O2/c1-12(29)18(21(27)23(24,25)26)22(30)28-11-16-8-7-15-6-5-13-3-2-4-14-9-10-17(16)20(15)19(13)14/h2-10,27,29H,11H2,1H3,(H,28,30). The van der Waals surface area contributed by atoms with Crippen LogP contribution in [0.1, 0.15) is 12.5 Å². The molecule has 0 aliphatic heterocycles. The lowest BCUT2D eigenvalue weighted by Gasteiger charge is -2.17. The number of aliphatic hydroxyl groups is 1. The molecule has 0 saturated carbocycles. The van der Waals surface area contributed by atoms with Gasteiger partial charge in [0.25, 0.3) is 5.91 Å². The summed E-state index contributed by atoms with van der Waals surface area (Å²) in [5.41, 5.74) is -0.0300. The van der Waals surface area contributed by atoms with E-state index in [1.54, 1.807) is 0 Å². The second-order valence-corrected chi connectivity index (χ2v) is 9.38. The first-order chi connectivity index (χ1) is 14.2. The fourth-order valence-corrected chi connectivity index (χ4v) is 4.10. The van der Waals surface area contributed by atoms with Gasteiger partial charge in [0.05, 0.1) is 5.71 Å². The van der Waals surface area contributed by atoms with Crippen LogP contribution in [0.15, 0.2) is 65.9 Å². The number of benzene rings is 4. The normalized spacial score (nSPS) is 13.1. The number of amides is 1. The first kappa shape index (κ1) is 20.7. The van der Waals surface area contributed by atoms with Gasteiger partial charge >= 0.3 is 0 Å². The van der Waals surface area contributed by atoms with E-state index in [0.29, 0.717) is 0 Å². The van der Waals surface area contributed by atoms with Crippen LogP contribution in [0.2, 0.25) is 0 Å². The van der Waals surface area contributed by atoms with Gasteiger partial charge in [-0.15, -0.1) is 0 Å². The molecule has 0 aliphatic carbocycles. The Hall–Kier alpha value is -2.53. The van der Waals surface area contributed by atoms with E-state index in [1.165, 1.54) is 12.3 Å². The highest BCUT2D eigenvalue weighted by molar-refractivity contribution is 6.78. The molecule has 7 heteroatoms. The van der Waals surface area contributed by atoms with Gasteiger partial charge in [-0.2, -0.15) is 0 Å². The minimum absolute atomic E-state index is 0.191. The highest BCUT2D eigenvalue weighted by atomic mass is 35.6. The number of aliphatic hydroxyl groups excluding tert-OH is 1. The Kier molecular flexibility index (Phi) is 5.27. The summed E-state index contributed by atoms with van der Waals surface area (Å²) in [5, 5.41) is 27.3. The van der Waals surface area contributed by atoms with Crippen molar-refractivity contribution in [1.82, 2.24) is 5.32 Å². The number of rotatable bonds is 4. The summed E-state index contributed by atoms with van der Waals surface area (Å²) < 4.78 is -2.12. The molecule has 0 unspecified atom stereocenters. The number of carbonyl (C=O) groups excluding carboxylic acids is 1. The van der Waals surface area contributed by atoms with Crippen molar-refractivity contribution in [3.8, 4) is 0 Å². The highest BCUT2D eigenvalue weighted by Gasteiger charge is 2.34. The van der Waals surface area contributed by atoms with Crippen molar-refractivity contribution in [3.05, 3.63) is 71.5 Å². The molecule has 0 bridgehead atoms. The van der Waals surface area contributed by atoms with E-state index in [-0.39, 0.29) is 17.9 Å². The minimum Gasteiger partial charge on any atom is -0.512 e. The molecule has 152 valence electrons. The smallest absolute Gasteiger partial charge is 0.256 e. The van der Waals surface area contributed by atoms with Gasteiger partial charge in [-0.1, -0.05) is 89.4 Å². The summed E-state index contributed by atoms with van der Waals surface area (Å²) in [5.74, 6) is -1.07. The largest absolute Gasteiger partial charge is 0.512 e. The lowest BCUT2D eigenvalue weighted by Crippen LogP contribution is -2.33. The third kappa shape index (κ3) is 3.56. The molecule has 3 N–H and O–H groups in total. The maximum Gasteiger partial charge on any atom is 0.256 e. The van der Waals surface area contributed by atoms with Gasteiger partial charge in [-0.3, -0.25) is 10.2 Å². The van der Waals surface area contributed by atoms with E-state index in [0.717, 1.165) is 32.5 Å². The van der Waals surface area contributed by atoms with Crippen molar-refractivity contribution in [1.29, 1.82) is 5.41 Å². The second kappa shape index (κ2) is 7.62. The number of nitrogens with one attached hydrogen (secondary N) is 2. The van der Waals surface area contributed by atoms with Crippen molar-refractivity contribution in [2.75, 3.05) is 0 Å². The van der Waals surface area contributed by atoms with Gasteiger partial charge in [-0.25, -0.2) is 0 Å². The molecule has 0 aromatic heterocycles. The quantitative estimate of drug-likeness (QED) is 0.108. The average Bonchev–Trinajstić information content (AvgIpc) is 2.70. The first-order valence-electron chi connectivity index (χ1n) is 9.18. The van der Waals surface area contributed by atoms with Crippen LogP contribution in [0.4, 0.5) is 0 Å². The van der Waals surface area contributed by atoms with Crippen molar-refractivity contribution in [3.63, 3.8) is 0 Å². The molecule has 0 saturated heterocycles. The highest BCUT2D eigenvalue weighted by Crippen LogP contribution is 2.36. The average molecular weight is 460 g/mol. The number of hydrogen-bond acceptors (Lipinski definition) is 3. The monoisotopic (exact) mass is 458 g/mol. The summed E-state index contributed by atoms with van der Waals surface area (Å²) in [6.07, 6.45) is 0. The number of alkyl halides is 3. The van der Waals surface area contributed by atoms with Crippen LogP contribution >= 0.6 is 34.8 Å². The topological polar surface area (TPSA) is 73.2 Å². The lowest BCUT2D eigenvalue weighted by molar-refractivity contribution is -0.117. The van der Waals surface area contributed by atoms with Crippen LogP contribution in [0.3, 0.4) is 0 Å². The lowest BCUT2D eigenvalue weighted by atomic mass is 9.92. The predicted octanol–water partition coefficient (Wildman–Crippen LogP) is 6.42. The molecule has 30 heavy (non-hydrogen) atoms. The molecule has 1 amide bonds. The first-order valence-corrected chi connectivity index (χ1v) is 10.3. The molecule has 4 aromatic rings. The van der Waals surface area contributed by atoms with Crippen molar-refractivity contribution >= 4 is 78.7 Å². The maximum absolute atomic E-state index is 12.7. The van der Waals surface area contributed by atoms with E-state index in [9.17, 15) is 9.90 Å². The third-order valence-corrected chi connectivity index (χ3v) is 5.75. The Morgan fingerprint density at radius 3 is 2.13 bits per heavy atom. The second-order valence-electron chi connectivity index (χ2n) is 7.10. The van der Waals surface area contributed by atoms with Crippen molar-refractivity contribution in [2.24, 2.45) is 0 Å². The zero-order valence-electron chi connectivity index (χ0n) is 15.9. The Balaban J connectivity index is 1.72. The molecule has 0 spiro atoms. The van der Waals surface area contributed by atoms with Gasteiger partial charge in [0.15, 0.2) is 0 Å². The van der Waals surface area contributed by atoms with Crippen molar-refractivity contribution in [2.45, 2.75) is 17.3 Å². The fourth-order valence-electron chi connectivity index (χ4n) is 3.81. The zero-order chi connectivity index (χ0) is 21.6. The SMILES string of the molecule is CC(O)=C(C(=N)C(Cl)(Cl)Cl)C(=O)NCc1ccc2ccc3cccc4ccc1c2c34. The molecule has 4 aromatic carbocycles. The zero-order valence-corrected chi connectivity index (χ0v) is 18.2. The van der Waals surface area contributed by atoms with Gasteiger partial charge in [0, 0.05) is 6.54 Å². The van der Waals surface area contributed by atoms with Crippen LogP contribution in [0, 0.1) is 5.41 Å². The van der Waals surface area contributed by atoms with E-state index in [2.05, 4.69) is 35.6 Å². The van der Waals surface area contributed by atoms with Crippen molar-refractivity contribution < 1.29 is 9.90 Å². The minimum atomic E-state index is -2.12. The Morgan fingerprint density at radius 2 is 1.53 bits per heavy atom. The van der Waals surface area contributed by atoms with Gasteiger partial charge < -0.3 is 10.4 Å². The van der Waals surface area contributed by atoms with Gasteiger partial charge in [0.1, 0.15) is 11.3 Å². The summed E-state index contributed by atoms with van der Waals surface area (Å²) in [6, 6.07) is 18.5. The van der Waals surface area contributed by atoms with Crippen LogP contribution in [-0.2, 0) is 11.3 Å². The summed E-state index contributed by atoms with van der Waals surface area (Å²) in [6.45, 7) is 1.47. The molecular weight excluding hydrogens is 443 g/mol. The summed E-state index contributed by atoms with van der Waals surface area (Å²) >= 11 is 17.2. The number of hydrogen-bond donors (Lipinski definition) is 3. The molecule has 0 heterocycles. The molecule has 0 atom stereocenters. The van der Waals surface area contributed by atoms with E-state index >= 15 is 0 Å². The third-order valence-electron chi connectivity index (χ3n) is 5.18. The number of allylic oxidation sites excluding steroid dienone is 1. The number of halogens is 3. The molecule has 0 radical (unpaired) electrons. The van der Waals surface area contributed by atoms with Gasteiger partial charge in [-0.05, 0) is 44.8 Å². The molecular formula is C23H17Cl3N2O2. The van der Waals surface area contributed by atoms with Crippen LogP contribution < -0.4 is 5.32 Å². The Morgan fingerprint density at radius 1 is 0.967 bits per heavy atom. The summed E-state index contributed by atoms with van der Waals surface area (Å²) in [7, 11) is 0. The van der Waals surface area contributed by atoms with Crippen LogP contribution in [-0.4, -0.2) is 20.5 Å². The number of carbonyl (C=O) groups is 1. The molecule has 0 aliphatic rings. The van der Waals surface area contributed by atoms with Crippen LogP contribution in [0.25, 0.3) is 32.3 Å². The van der Waals surface area contributed by atoms with E-state index in [4.69, 9.17) is 40.2 Å². The van der Waals surface area contributed by atoms with Crippen LogP contribution in [0.5, 0.6) is 0 Å². The molecule has 4 rings (SSSR count). The molecule has 0 fully saturated rings. The fraction of sp³-hybridized carbons (Fsp3) is 0.130. The maximum atomic E-state index is 12.7. The van der Waals surface area contributed by atoms with E-state index < -0.39 is 15.4 Å². The van der Waals surface area contributed by atoms with Gasteiger partial charge in [0.2, 0.25) is 3.79 Å². The Labute approximate surface area is 187 Å². The predicted molar refractivity (Wildman–Crippen MR) is 125 cm³/mol. The Bertz CT molecular complexity index is 1320.